The van der Waals surface area contributed by atoms with E-state index in [1.807, 2.05) is 24.3 Å². The molecule has 0 unspecified atom stereocenters. The highest BCUT2D eigenvalue weighted by Gasteiger charge is 2.23. The van der Waals surface area contributed by atoms with Crippen LogP contribution in [0.15, 0.2) is 54.7 Å². The molecule has 192 valence electrons. The zero-order valence-electron chi connectivity index (χ0n) is 20.6. The van der Waals surface area contributed by atoms with E-state index in [1.54, 1.807) is 37.1 Å². The lowest BCUT2D eigenvalue weighted by atomic mass is 10.0. The fourth-order valence-corrected chi connectivity index (χ4v) is 4.16. The predicted molar refractivity (Wildman–Crippen MR) is 142 cm³/mol. The van der Waals surface area contributed by atoms with E-state index in [0.29, 0.717) is 50.2 Å². The summed E-state index contributed by atoms with van der Waals surface area (Å²) in [6.07, 6.45) is 4.81. The average molecular weight is 524 g/mol. The molecule has 0 spiro atoms. The van der Waals surface area contributed by atoms with Gasteiger partial charge in [-0.05, 0) is 48.4 Å². The quantitative estimate of drug-likeness (QED) is 0.347. The Labute approximate surface area is 219 Å². The number of amides is 1. The fourth-order valence-electron chi connectivity index (χ4n) is 3.98. The Morgan fingerprint density at radius 2 is 1.95 bits per heavy atom. The number of esters is 1. The molecule has 0 atom stereocenters. The van der Waals surface area contributed by atoms with Gasteiger partial charge in [0, 0.05) is 56.6 Å². The van der Waals surface area contributed by atoms with Gasteiger partial charge in [0.2, 0.25) is 11.9 Å². The van der Waals surface area contributed by atoms with Crippen molar-refractivity contribution in [3.05, 3.63) is 71.1 Å². The Balaban J connectivity index is 1.67. The second-order valence-electron chi connectivity index (χ2n) is 8.39. The molecule has 1 aliphatic heterocycles. The SMILES string of the molecule is CCOC(=O)C=Cc1cccc(-c2cnc(Nc3ccc(F)c(Cl)c3)nc2N2CCN(C(C)=O)CC2)c1. The van der Waals surface area contributed by atoms with Crippen LogP contribution in [0.3, 0.4) is 0 Å². The van der Waals surface area contributed by atoms with Crippen molar-refractivity contribution in [2.24, 2.45) is 0 Å². The number of hydrogen-bond donors (Lipinski definition) is 1. The van der Waals surface area contributed by atoms with Gasteiger partial charge >= 0.3 is 5.97 Å². The first kappa shape index (κ1) is 26.1. The lowest BCUT2D eigenvalue weighted by molar-refractivity contribution is -0.137. The molecule has 1 aliphatic rings. The highest BCUT2D eigenvalue weighted by molar-refractivity contribution is 6.31. The van der Waals surface area contributed by atoms with Crippen LogP contribution in [0.5, 0.6) is 0 Å². The second-order valence-corrected chi connectivity index (χ2v) is 8.80. The Kier molecular flexibility index (Phi) is 8.35. The summed E-state index contributed by atoms with van der Waals surface area (Å²) in [4.78, 5) is 36.7. The smallest absolute Gasteiger partial charge is 0.330 e. The van der Waals surface area contributed by atoms with E-state index < -0.39 is 11.8 Å². The molecule has 0 bridgehead atoms. The van der Waals surface area contributed by atoms with Crippen LogP contribution < -0.4 is 10.2 Å². The minimum atomic E-state index is -0.510. The number of benzene rings is 2. The van der Waals surface area contributed by atoms with Crippen LogP contribution >= 0.6 is 11.6 Å². The van der Waals surface area contributed by atoms with Crippen molar-refractivity contribution in [1.82, 2.24) is 14.9 Å². The maximum Gasteiger partial charge on any atom is 0.330 e. The third-order valence-corrected chi connectivity index (χ3v) is 6.15. The second kappa shape index (κ2) is 11.8. The molecule has 1 N–H and O–H groups in total. The van der Waals surface area contributed by atoms with E-state index in [1.165, 1.54) is 18.2 Å². The van der Waals surface area contributed by atoms with Gasteiger partial charge < -0.3 is 19.9 Å². The fraction of sp³-hybridized carbons (Fsp3) is 0.259. The summed E-state index contributed by atoms with van der Waals surface area (Å²) in [6, 6.07) is 12.0. The van der Waals surface area contributed by atoms with Crippen molar-refractivity contribution in [2.75, 3.05) is 43.0 Å². The van der Waals surface area contributed by atoms with Gasteiger partial charge in [-0.1, -0.05) is 29.8 Å². The van der Waals surface area contributed by atoms with Crippen LogP contribution in [0.2, 0.25) is 5.02 Å². The van der Waals surface area contributed by atoms with Gasteiger partial charge in [-0.25, -0.2) is 14.2 Å². The molecule has 37 heavy (non-hydrogen) atoms. The molecule has 0 radical (unpaired) electrons. The third-order valence-electron chi connectivity index (χ3n) is 5.87. The van der Waals surface area contributed by atoms with Crippen LogP contribution in [0, 0.1) is 5.82 Å². The minimum Gasteiger partial charge on any atom is -0.463 e. The molecule has 8 nitrogen and oxygen atoms in total. The largest absolute Gasteiger partial charge is 0.463 e. The number of anilines is 3. The number of aromatic nitrogens is 2. The van der Waals surface area contributed by atoms with E-state index in [0.717, 1.165) is 16.7 Å². The van der Waals surface area contributed by atoms with Gasteiger partial charge in [-0.3, -0.25) is 4.79 Å². The van der Waals surface area contributed by atoms with Crippen LogP contribution in [0.25, 0.3) is 17.2 Å². The van der Waals surface area contributed by atoms with E-state index in [9.17, 15) is 14.0 Å². The van der Waals surface area contributed by atoms with E-state index in [-0.39, 0.29) is 10.9 Å². The summed E-state index contributed by atoms with van der Waals surface area (Å²) < 4.78 is 18.5. The number of halogens is 2. The van der Waals surface area contributed by atoms with Gasteiger partial charge in [-0.15, -0.1) is 0 Å². The number of ether oxygens (including phenoxy) is 1. The monoisotopic (exact) mass is 523 g/mol. The van der Waals surface area contributed by atoms with Gasteiger partial charge in [0.25, 0.3) is 0 Å². The summed E-state index contributed by atoms with van der Waals surface area (Å²) in [5.41, 5.74) is 3.04. The molecule has 0 aliphatic carbocycles. The summed E-state index contributed by atoms with van der Waals surface area (Å²) in [7, 11) is 0. The van der Waals surface area contributed by atoms with Crippen molar-refractivity contribution in [2.45, 2.75) is 13.8 Å². The van der Waals surface area contributed by atoms with Crippen molar-refractivity contribution >= 4 is 47.0 Å². The molecule has 1 amide bonds. The van der Waals surface area contributed by atoms with Gasteiger partial charge in [0.1, 0.15) is 11.6 Å². The van der Waals surface area contributed by atoms with Crippen LogP contribution in [0.1, 0.15) is 19.4 Å². The van der Waals surface area contributed by atoms with Gasteiger partial charge in [0.15, 0.2) is 0 Å². The molecule has 10 heteroatoms. The number of hydrogen-bond acceptors (Lipinski definition) is 7. The summed E-state index contributed by atoms with van der Waals surface area (Å²) >= 11 is 5.92. The molecular formula is C27H27ClFN5O3. The number of carbonyl (C=O) groups is 2. The third kappa shape index (κ3) is 6.62. The first-order chi connectivity index (χ1) is 17.8. The summed E-state index contributed by atoms with van der Waals surface area (Å²) in [6.45, 7) is 6.01. The zero-order chi connectivity index (χ0) is 26.4. The molecule has 2 aromatic carbocycles. The standard InChI is InChI=1S/C27H27ClFN5O3/c1-3-37-25(36)10-7-19-5-4-6-20(15-19)22-17-30-27(31-21-8-9-24(29)23(28)16-21)32-26(22)34-13-11-33(12-14-34)18(2)35/h4-10,15-17H,3,11-14H2,1-2H3,(H,30,31,32). The summed E-state index contributed by atoms with van der Waals surface area (Å²) in [5.74, 6) is 0.148. The first-order valence-corrected chi connectivity index (χ1v) is 12.3. The number of nitrogens with one attached hydrogen (secondary N) is 1. The molecule has 4 rings (SSSR count). The Morgan fingerprint density at radius 3 is 2.65 bits per heavy atom. The van der Waals surface area contributed by atoms with Crippen LogP contribution in [-0.2, 0) is 14.3 Å². The lowest BCUT2D eigenvalue weighted by Gasteiger charge is -2.35. The molecular weight excluding hydrogens is 497 g/mol. The van der Waals surface area contributed by atoms with Gasteiger partial charge in [-0.2, -0.15) is 4.98 Å². The highest BCUT2D eigenvalue weighted by Crippen LogP contribution is 2.32. The first-order valence-electron chi connectivity index (χ1n) is 11.9. The van der Waals surface area contributed by atoms with Crippen molar-refractivity contribution in [1.29, 1.82) is 0 Å². The maximum atomic E-state index is 13.6. The van der Waals surface area contributed by atoms with Crippen LogP contribution in [0.4, 0.5) is 21.8 Å². The molecule has 0 saturated carbocycles. The van der Waals surface area contributed by atoms with Crippen molar-refractivity contribution in [3.63, 3.8) is 0 Å². The predicted octanol–water partition coefficient (Wildman–Crippen LogP) is 4.92. The van der Waals surface area contributed by atoms with E-state index in [2.05, 4.69) is 15.2 Å². The topological polar surface area (TPSA) is 87.7 Å². The van der Waals surface area contributed by atoms with Crippen molar-refractivity contribution in [3.8, 4) is 11.1 Å². The Hall–Kier alpha value is -3.98. The normalized spacial score (nSPS) is 13.6. The Bertz CT molecular complexity index is 1330. The molecule has 1 fully saturated rings. The number of nitrogens with zero attached hydrogens (tertiary/aromatic N) is 4. The van der Waals surface area contributed by atoms with Crippen LogP contribution in [-0.4, -0.2) is 59.5 Å². The van der Waals surface area contributed by atoms with Gasteiger partial charge in [0.05, 0.1) is 11.6 Å². The maximum absolute atomic E-state index is 13.6. The summed E-state index contributed by atoms with van der Waals surface area (Å²) in [5, 5.41) is 3.08. The number of carbonyl (C=O) groups excluding carboxylic acids is 2. The highest BCUT2D eigenvalue weighted by atomic mass is 35.5. The minimum absolute atomic E-state index is 0.00473. The number of rotatable bonds is 7. The molecule has 1 saturated heterocycles. The number of piperazine rings is 1. The molecule has 1 aromatic heterocycles. The van der Waals surface area contributed by atoms with Crippen molar-refractivity contribution < 1.29 is 18.7 Å². The van der Waals surface area contributed by atoms with E-state index >= 15 is 0 Å². The molecule has 3 aromatic rings. The lowest BCUT2D eigenvalue weighted by Crippen LogP contribution is -2.48. The Morgan fingerprint density at radius 1 is 1.16 bits per heavy atom. The zero-order valence-corrected chi connectivity index (χ0v) is 21.3. The van der Waals surface area contributed by atoms with E-state index in [4.69, 9.17) is 21.3 Å². The molecule has 2 heterocycles. The average Bonchev–Trinajstić information content (AvgIpc) is 2.90.